The molecular formula is C13H25B2Cl2LiO4Zn. The van der Waals surface area contributed by atoms with Crippen molar-refractivity contribution in [1.82, 2.24) is 0 Å². The Morgan fingerprint density at radius 3 is 1.00 bits per heavy atom. The molecular weight excluding hydrogens is 385 g/mol. The van der Waals surface area contributed by atoms with Crippen molar-refractivity contribution in [3.8, 4) is 0 Å². The van der Waals surface area contributed by atoms with Crippen LogP contribution in [0.2, 0.25) is 0 Å². The molecule has 2 aliphatic rings. The minimum Gasteiger partial charge on any atom is 1.00 e. The van der Waals surface area contributed by atoms with Crippen molar-refractivity contribution in [2.24, 2.45) is 0 Å². The van der Waals surface area contributed by atoms with Crippen molar-refractivity contribution >= 4 is 23.9 Å². The summed E-state index contributed by atoms with van der Waals surface area (Å²) in [5, 5.41) is 0. The minimum atomic E-state index is -0.403. The zero-order valence-corrected chi connectivity index (χ0v) is 20.3. The van der Waals surface area contributed by atoms with Gasteiger partial charge in [0.15, 0.2) is 0 Å². The summed E-state index contributed by atoms with van der Waals surface area (Å²) in [6.45, 7) is 16.3. The van der Waals surface area contributed by atoms with E-state index in [0.29, 0.717) is 0 Å². The molecule has 0 unspecified atom stereocenters. The molecule has 0 aromatic rings. The number of halogens is 2. The average molecular weight is 410 g/mol. The van der Waals surface area contributed by atoms with Gasteiger partial charge in [-0.3, -0.25) is 6.22 Å². The first-order valence-corrected chi connectivity index (χ1v) is 11.1. The van der Waals surface area contributed by atoms with Gasteiger partial charge in [-0.25, -0.2) is 0 Å². The molecule has 2 aliphatic heterocycles. The number of hydrogen-bond donors (Lipinski definition) is 0. The van der Waals surface area contributed by atoms with Crippen molar-refractivity contribution in [2.75, 3.05) is 0 Å². The first-order chi connectivity index (χ1) is 9.36. The van der Waals surface area contributed by atoms with E-state index in [1.165, 1.54) is 0 Å². The number of hydrogen-bond acceptors (Lipinski definition) is 4. The zero-order chi connectivity index (χ0) is 16.7. The first kappa shape index (κ1) is 27.0. The van der Waals surface area contributed by atoms with Gasteiger partial charge in [-0.05, 0) is 55.4 Å². The standard InChI is InChI=1S/C13H25B2O4.2ClH.Li.Zn/c1-10(2)11(3,4)17-14(16-10)9-15-18-12(5,6)13(7,8)19-15;;;;/h9H,1-8H3;2*1H;;/q-1;;;+1;+2/p-2. The molecule has 23 heavy (non-hydrogen) atoms. The monoisotopic (exact) mass is 408 g/mol. The molecule has 0 aliphatic carbocycles. The van der Waals surface area contributed by atoms with Gasteiger partial charge in [0.05, 0.1) is 22.4 Å². The van der Waals surface area contributed by atoms with Crippen LogP contribution < -0.4 is 31.3 Å². The fourth-order valence-corrected chi connectivity index (χ4v) is 2.06. The van der Waals surface area contributed by atoms with Gasteiger partial charge in [0, 0.05) is 0 Å². The maximum atomic E-state index is 5.92. The Morgan fingerprint density at radius 2 is 0.826 bits per heavy atom. The van der Waals surface area contributed by atoms with Gasteiger partial charge in [0.25, 0.3) is 14.2 Å². The third kappa shape index (κ3) is 5.88. The summed E-state index contributed by atoms with van der Waals surface area (Å²) in [6.07, 6.45) is 1.85. The van der Waals surface area contributed by atoms with E-state index in [9.17, 15) is 0 Å². The third-order valence-corrected chi connectivity index (χ3v) is 4.86. The van der Waals surface area contributed by atoms with Crippen LogP contribution in [-0.4, -0.2) is 36.6 Å². The summed E-state index contributed by atoms with van der Waals surface area (Å²) in [4.78, 5) is 0. The Hall–Kier alpha value is 1.77. The Kier molecular flexibility index (Phi) is 10.7. The van der Waals surface area contributed by atoms with Crippen LogP contribution >= 0.6 is 9.69 Å². The van der Waals surface area contributed by atoms with Gasteiger partial charge in [0.2, 0.25) is 0 Å². The van der Waals surface area contributed by atoms with Crippen LogP contribution in [0.15, 0.2) is 0 Å². The summed E-state index contributed by atoms with van der Waals surface area (Å²) in [6, 6.07) is 0. The summed E-state index contributed by atoms with van der Waals surface area (Å²) in [5.41, 5.74) is -1.34. The van der Waals surface area contributed by atoms with Crippen LogP contribution in [-0.2, 0) is 35.9 Å². The van der Waals surface area contributed by atoms with Gasteiger partial charge in [-0.15, -0.1) is 0 Å². The Morgan fingerprint density at radius 1 is 0.652 bits per heavy atom. The molecule has 0 saturated carbocycles. The van der Waals surface area contributed by atoms with E-state index < -0.39 is 14.2 Å². The molecule has 0 spiro atoms. The fraction of sp³-hybridized carbons (Fsp3) is 0.923. The summed E-state index contributed by atoms with van der Waals surface area (Å²) in [5.74, 6) is 0. The molecule has 0 N–H and O–H groups in total. The molecule has 2 heterocycles. The molecule has 0 radical (unpaired) electrons. The van der Waals surface area contributed by atoms with Crippen LogP contribution in [0.5, 0.6) is 0 Å². The summed E-state index contributed by atoms with van der Waals surface area (Å²) >= 11 is 0.847. The van der Waals surface area contributed by atoms with E-state index in [-0.39, 0.29) is 53.7 Å². The Bertz CT molecular complexity index is 321. The average Bonchev–Trinajstić information content (AvgIpc) is 2.59. The van der Waals surface area contributed by atoms with Crippen LogP contribution in [0.1, 0.15) is 55.4 Å². The molecule has 10 heteroatoms. The van der Waals surface area contributed by atoms with Crippen LogP contribution in [0.4, 0.5) is 0 Å². The van der Waals surface area contributed by atoms with Gasteiger partial charge in [-0.2, -0.15) is 0 Å². The third-order valence-electron chi connectivity index (χ3n) is 4.86. The molecule has 0 bridgehead atoms. The molecule has 2 fully saturated rings. The Balaban J connectivity index is 0. The molecule has 0 atom stereocenters. The maximum Gasteiger partial charge on any atom is 1.00 e. The van der Waals surface area contributed by atoms with Crippen molar-refractivity contribution in [3.63, 3.8) is 0 Å². The summed E-state index contributed by atoms with van der Waals surface area (Å²) < 4.78 is 23.7. The van der Waals surface area contributed by atoms with E-state index in [2.05, 4.69) is 0 Å². The van der Waals surface area contributed by atoms with Crippen molar-refractivity contribution in [1.29, 1.82) is 0 Å². The summed E-state index contributed by atoms with van der Waals surface area (Å²) in [7, 11) is 3.96. The van der Waals surface area contributed by atoms with Crippen LogP contribution in [0, 0.1) is 6.22 Å². The second-order valence-electron chi connectivity index (χ2n) is 7.44. The maximum absolute atomic E-state index is 5.92. The van der Waals surface area contributed by atoms with Crippen LogP contribution in [0.3, 0.4) is 0 Å². The van der Waals surface area contributed by atoms with Gasteiger partial charge in [0.1, 0.15) is 0 Å². The molecule has 0 aromatic carbocycles. The second kappa shape index (κ2) is 9.12. The second-order valence-corrected chi connectivity index (χ2v) is 7.44. The topological polar surface area (TPSA) is 36.9 Å². The molecule has 0 aromatic heterocycles. The largest absolute Gasteiger partial charge is 1.00 e. The van der Waals surface area contributed by atoms with Gasteiger partial charge in [-0.1, -0.05) is 0 Å². The molecule has 124 valence electrons. The SMILES string of the molecule is CC1(C)OB([CH-]B2OC(C)(C)C(C)(C)O2)OC1(C)C.[Cl-].[Cl][Zn+].[Li+]. The van der Waals surface area contributed by atoms with E-state index in [4.69, 9.17) is 28.3 Å². The zero-order valence-electron chi connectivity index (χ0n) is 15.8. The molecule has 2 rings (SSSR count). The van der Waals surface area contributed by atoms with E-state index in [1.807, 2.05) is 61.6 Å². The van der Waals surface area contributed by atoms with E-state index in [1.54, 1.807) is 0 Å². The normalized spacial score (nSPS) is 25.9. The molecule has 4 nitrogen and oxygen atoms in total. The van der Waals surface area contributed by atoms with Crippen molar-refractivity contribution in [3.05, 3.63) is 6.22 Å². The predicted octanol–water partition coefficient (Wildman–Crippen LogP) is -2.85. The number of rotatable bonds is 2. The van der Waals surface area contributed by atoms with Gasteiger partial charge < -0.3 is 31.0 Å². The quantitative estimate of drug-likeness (QED) is 0.363. The van der Waals surface area contributed by atoms with Crippen LogP contribution in [0.25, 0.3) is 0 Å². The van der Waals surface area contributed by atoms with Crippen molar-refractivity contribution in [2.45, 2.75) is 77.8 Å². The Labute approximate surface area is 174 Å². The smallest absolute Gasteiger partial charge is 1.00 e. The predicted molar refractivity (Wildman–Crippen MR) is 82.3 cm³/mol. The van der Waals surface area contributed by atoms with Crippen molar-refractivity contribution < 1.29 is 67.2 Å². The first-order valence-electron chi connectivity index (χ1n) is 7.19. The van der Waals surface area contributed by atoms with E-state index >= 15 is 0 Å². The minimum absolute atomic E-state index is 0. The molecule has 0 amide bonds. The molecule has 2 saturated heterocycles. The fourth-order valence-electron chi connectivity index (χ4n) is 2.06. The van der Waals surface area contributed by atoms with E-state index in [0.717, 1.165) is 17.3 Å². The van der Waals surface area contributed by atoms with Gasteiger partial charge >= 0.3 is 45.9 Å².